The molecule has 0 saturated carbocycles. The number of halogens is 2. The normalized spacial score (nSPS) is 10.2. The minimum absolute atomic E-state index is 0.0427. The van der Waals surface area contributed by atoms with Crippen LogP contribution in [-0.4, -0.2) is 17.0 Å². The first-order valence-electron chi connectivity index (χ1n) is 5.78. The van der Waals surface area contributed by atoms with E-state index in [0.29, 0.717) is 0 Å². The topological polar surface area (TPSA) is 92.4 Å². The van der Waals surface area contributed by atoms with Gasteiger partial charge in [-0.15, -0.1) is 0 Å². The van der Waals surface area contributed by atoms with E-state index in [-0.39, 0.29) is 27.0 Å². The maximum absolute atomic E-state index is 13.8. The van der Waals surface area contributed by atoms with Crippen LogP contribution < -0.4 is 11.1 Å². The number of carbonyl (C=O) groups excluding carboxylic acids is 1. The summed E-state index contributed by atoms with van der Waals surface area (Å²) in [5.41, 5.74) is 5.44. The van der Waals surface area contributed by atoms with Gasteiger partial charge in [-0.3, -0.25) is 4.79 Å². The molecule has 2 aromatic rings. The molecule has 0 heterocycles. The van der Waals surface area contributed by atoms with E-state index in [2.05, 4.69) is 21.2 Å². The molecule has 5 nitrogen and oxygen atoms in total. The van der Waals surface area contributed by atoms with Gasteiger partial charge >= 0.3 is 5.97 Å². The van der Waals surface area contributed by atoms with Crippen LogP contribution in [0.15, 0.2) is 40.9 Å². The number of nitrogens with one attached hydrogen (secondary N) is 1. The lowest BCUT2D eigenvalue weighted by Gasteiger charge is -2.10. The molecule has 0 fully saturated rings. The van der Waals surface area contributed by atoms with Crippen molar-refractivity contribution in [3.8, 4) is 0 Å². The number of hydrogen-bond acceptors (Lipinski definition) is 3. The van der Waals surface area contributed by atoms with Crippen LogP contribution in [0, 0.1) is 5.82 Å². The van der Waals surface area contributed by atoms with Crippen LogP contribution in [0.2, 0.25) is 0 Å². The molecule has 21 heavy (non-hydrogen) atoms. The highest BCUT2D eigenvalue weighted by Crippen LogP contribution is 2.22. The summed E-state index contributed by atoms with van der Waals surface area (Å²) in [7, 11) is 0. The van der Waals surface area contributed by atoms with Gasteiger partial charge in [0.25, 0.3) is 5.91 Å². The number of rotatable bonds is 3. The first kappa shape index (κ1) is 15.0. The first-order chi connectivity index (χ1) is 9.90. The Morgan fingerprint density at radius 3 is 2.57 bits per heavy atom. The predicted molar refractivity (Wildman–Crippen MR) is 79.9 cm³/mol. The number of nitrogen functional groups attached to an aromatic ring is 1. The number of amides is 1. The highest BCUT2D eigenvalue weighted by Gasteiger charge is 2.17. The van der Waals surface area contributed by atoms with Crippen molar-refractivity contribution in [3.63, 3.8) is 0 Å². The zero-order chi connectivity index (χ0) is 15.6. The molecule has 0 aliphatic heterocycles. The van der Waals surface area contributed by atoms with E-state index in [1.807, 2.05) is 0 Å². The summed E-state index contributed by atoms with van der Waals surface area (Å²) in [5, 5.41) is 11.5. The van der Waals surface area contributed by atoms with Crippen LogP contribution in [0.4, 0.5) is 15.8 Å². The van der Waals surface area contributed by atoms with Gasteiger partial charge in [-0.1, -0.05) is 6.07 Å². The van der Waals surface area contributed by atoms with E-state index in [1.165, 1.54) is 36.4 Å². The van der Waals surface area contributed by atoms with Gasteiger partial charge in [-0.25, -0.2) is 9.18 Å². The lowest BCUT2D eigenvalue weighted by atomic mass is 10.1. The molecule has 0 saturated heterocycles. The third kappa shape index (κ3) is 3.19. The Bertz CT molecular complexity index is 734. The Balaban J connectivity index is 2.36. The summed E-state index contributed by atoms with van der Waals surface area (Å²) in [6.45, 7) is 0. The third-order valence-electron chi connectivity index (χ3n) is 2.72. The molecule has 2 aromatic carbocycles. The van der Waals surface area contributed by atoms with Crippen molar-refractivity contribution in [1.82, 2.24) is 0 Å². The second-order valence-corrected chi connectivity index (χ2v) is 5.02. The lowest BCUT2D eigenvalue weighted by Crippen LogP contribution is -2.16. The summed E-state index contributed by atoms with van der Waals surface area (Å²) in [5.74, 6) is -2.71. The molecule has 0 atom stereocenters. The van der Waals surface area contributed by atoms with E-state index >= 15 is 0 Å². The number of hydrogen-bond donors (Lipinski definition) is 3. The zero-order valence-corrected chi connectivity index (χ0v) is 12.1. The molecular formula is C14H10BrFN2O3. The molecule has 0 radical (unpaired) electrons. The maximum Gasteiger partial charge on any atom is 0.337 e. The van der Waals surface area contributed by atoms with E-state index in [0.717, 1.165) is 0 Å². The molecule has 2 rings (SSSR count). The molecule has 4 N–H and O–H groups in total. The fourth-order valence-corrected chi connectivity index (χ4v) is 2.08. The monoisotopic (exact) mass is 352 g/mol. The molecule has 0 spiro atoms. The summed E-state index contributed by atoms with van der Waals surface area (Å²) in [4.78, 5) is 23.2. The van der Waals surface area contributed by atoms with Crippen LogP contribution in [-0.2, 0) is 0 Å². The zero-order valence-electron chi connectivity index (χ0n) is 10.6. The van der Waals surface area contributed by atoms with Crippen LogP contribution in [0.5, 0.6) is 0 Å². The highest BCUT2D eigenvalue weighted by atomic mass is 79.9. The molecule has 0 unspecified atom stereocenters. The second-order valence-electron chi connectivity index (χ2n) is 4.17. The van der Waals surface area contributed by atoms with Crippen LogP contribution in [0.25, 0.3) is 0 Å². The Labute approximate surface area is 127 Å². The predicted octanol–water partition coefficient (Wildman–Crippen LogP) is 3.12. The van der Waals surface area contributed by atoms with Crippen molar-refractivity contribution in [2.45, 2.75) is 0 Å². The molecule has 108 valence electrons. The van der Waals surface area contributed by atoms with Crippen molar-refractivity contribution in [3.05, 3.63) is 57.8 Å². The number of anilines is 2. The van der Waals surface area contributed by atoms with Gasteiger partial charge in [0, 0.05) is 5.69 Å². The van der Waals surface area contributed by atoms with Gasteiger partial charge in [0.15, 0.2) is 0 Å². The molecule has 7 heteroatoms. The Kier molecular flexibility index (Phi) is 4.23. The van der Waals surface area contributed by atoms with Gasteiger partial charge in [-0.05, 0) is 46.3 Å². The smallest absolute Gasteiger partial charge is 0.337 e. The van der Waals surface area contributed by atoms with Crippen molar-refractivity contribution < 1.29 is 19.1 Å². The number of carbonyl (C=O) groups is 2. The highest BCUT2D eigenvalue weighted by molar-refractivity contribution is 9.10. The van der Waals surface area contributed by atoms with Crippen molar-refractivity contribution in [2.24, 2.45) is 0 Å². The fraction of sp³-hybridized carbons (Fsp3) is 0. The van der Waals surface area contributed by atoms with Gasteiger partial charge in [0.1, 0.15) is 5.82 Å². The van der Waals surface area contributed by atoms with Crippen LogP contribution in [0.1, 0.15) is 20.7 Å². The molecular weight excluding hydrogens is 343 g/mol. The quantitative estimate of drug-likeness (QED) is 0.740. The molecule has 1 amide bonds. The number of carboxylic acid groups (broad SMARTS) is 1. The average Bonchev–Trinajstić information content (AvgIpc) is 2.43. The van der Waals surface area contributed by atoms with Crippen molar-refractivity contribution in [1.29, 1.82) is 0 Å². The average molecular weight is 353 g/mol. The van der Waals surface area contributed by atoms with Crippen LogP contribution >= 0.6 is 15.9 Å². The van der Waals surface area contributed by atoms with Gasteiger partial charge < -0.3 is 16.2 Å². The van der Waals surface area contributed by atoms with Gasteiger partial charge in [0.2, 0.25) is 0 Å². The summed E-state index contributed by atoms with van der Waals surface area (Å²) in [6, 6.07) is 8.27. The van der Waals surface area contributed by atoms with E-state index in [9.17, 15) is 14.0 Å². The summed E-state index contributed by atoms with van der Waals surface area (Å²) >= 11 is 2.98. The minimum Gasteiger partial charge on any atom is -0.478 e. The first-order valence-corrected chi connectivity index (χ1v) is 6.57. The minimum atomic E-state index is -1.24. The fourth-order valence-electron chi connectivity index (χ4n) is 1.72. The van der Waals surface area contributed by atoms with E-state index < -0.39 is 17.7 Å². The van der Waals surface area contributed by atoms with E-state index in [4.69, 9.17) is 10.8 Å². The molecule has 0 aliphatic rings. The second kappa shape index (κ2) is 5.92. The Morgan fingerprint density at radius 2 is 1.90 bits per heavy atom. The Hall–Kier alpha value is -2.41. The maximum atomic E-state index is 13.8. The summed E-state index contributed by atoms with van der Waals surface area (Å²) < 4.78 is 14.0. The van der Waals surface area contributed by atoms with Gasteiger partial charge in [-0.2, -0.15) is 0 Å². The number of aromatic carboxylic acids is 1. The summed E-state index contributed by atoms with van der Waals surface area (Å²) in [6.07, 6.45) is 0. The lowest BCUT2D eigenvalue weighted by molar-refractivity contribution is 0.0698. The van der Waals surface area contributed by atoms with E-state index in [1.54, 1.807) is 0 Å². The molecule has 0 bridgehead atoms. The molecule has 0 aliphatic carbocycles. The third-order valence-corrected chi connectivity index (χ3v) is 3.33. The standard InChI is InChI=1S/C14H10BrFN2O3/c15-10-3-1-2-8(12(10)16)13(19)18-11-5-4-7(17)6-9(11)14(20)21/h1-6H,17H2,(H,18,19)(H,20,21). The largest absolute Gasteiger partial charge is 0.478 e. The van der Waals surface area contributed by atoms with Crippen molar-refractivity contribution in [2.75, 3.05) is 11.1 Å². The number of nitrogens with two attached hydrogens (primary N) is 1. The molecule has 0 aromatic heterocycles. The number of carboxylic acids is 1. The Morgan fingerprint density at radius 1 is 1.19 bits per heavy atom. The number of benzene rings is 2. The van der Waals surface area contributed by atoms with Gasteiger partial charge in [0.05, 0.1) is 21.3 Å². The van der Waals surface area contributed by atoms with Crippen molar-refractivity contribution >= 4 is 39.2 Å². The SMILES string of the molecule is Nc1ccc(NC(=O)c2cccc(Br)c2F)c(C(=O)O)c1. The van der Waals surface area contributed by atoms with Crippen LogP contribution in [0.3, 0.4) is 0 Å².